The van der Waals surface area contributed by atoms with E-state index in [2.05, 4.69) is 37.4 Å². The van der Waals surface area contributed by atoms with E-state index in [1.165, 1.54) is 17.5 Å². The Hall–Kier alpha value is -0.900. The van der Waals surface area contributed by atoms with Crippen LogP contribution in [-0.4, -0.2) is 32.5 Å². The summed E-state index contributed by atoms with van der Waals surface area (Å²) in [5, 5.41) is 3.78. The molecule has 3 nitrogen and oxygen atoms in total. The molecule has 1 aliphatic carbocycles. The lowest BCUT2D eigenvalue weighted by atomic mass is 9.93. The molecule has 0 spiro atoms. The third kappa shape index (κ3) is 2.87. The summed E-state index contributed by atoms with van der Waals surface area (Å²) in [6, 6.07) is 7.16. The highest BCUT2D eigenvalue weighted by Gasteiger charge is 2.35. The van der Waals surface area contributed by atoms with Gasteiger partial charge in [0.05, 0.1) is 5.60 Å². The molecule has 3 rings (SSSR count). The molecule has 1 fully saturated rings. The molecule has 116 valence electrons. The fraction of sp³-hybridized carbons (Fsp3) is 0.667. The van der Waals surface area contributed by atoms with Crippen molar-refractivity contribution in [3.05, 3.63) is 34.9 Å². The number of fused-ring (bicyclic) bond motifs is 1. The molecular formula is C18H27NO2. The Bertz CT molecular complexity index is 494. The summed E-state index contributed by atoms with van der Waals surface area (Å²) >= 11 is 0. The first-order valence-corrected chi connectivity index (χ1v) is 8.11. The van der Waals surface area contributed by atoms with Gasteiger partial charge in [0.2, 0.25) is 0 Å². The Kier molecular flexibility index (Phi) is 4.34. The first-order valence-electron chi connectivity index (χ1n) is 8.11. The van der Waals surface area contributed by atoms with Gasteiger partial charge < -0.3 is 14.8 Å². The highest BCUT2D eigenvalue weighted by Crippen LogP contribution is 2.41. The maximum atomic E-state index is 5.83. The van der Waals surface area contributed by atoms with Crippen LogP contribution in [0.1, 0.15) is 54.8 Å². The summed E-state index contributed by atoms with van der Waals surface area (Å²) in [7, 11) is 1.84. The minimum Gasteiger partial charge on any atom is -0.381 e. The van der Waals surface area contributed by atoms with Crippen molar-refractivity contribution in [2.45, 2.75) is 50.7 Å². The molecule has 1 aromatic carbocycles. The molecule has 1 aliphatic heterocycles. The van der Waals surface area contributed by atoms with Gasteiger partial charge in [0.1, 0.15) is 0 Å². The van der Waals surface area contributed by atoms with E-state index in [1.807, 2.05) is 7.11 Å². The average molecular weight is 289 g/mol. The van der Waals surface area contributed by atoms with E-state index in [4.69, 9.17) is 9.47 Å². The molecule has 2 unspecified atom stereocenters. The summed E-state index contributed by atoms with van der Waals surface area (Å²) in [5.74, 6) is 0.645. The van der Waals surface area contributed by atoms with Gasteiger partial charge in [-0.3, -0.25) is 0 Å². The number of ether oxygens (including phenoxy) is 2. The van der Waals surface area contributed by atoms with E-state index in [0.29, 0.717) is 12.0 Å². The van der Waals surface area contributed by atoms with E-state index in [1.54, 1.807) is 5.56 Å². The highest BCUT2D eigenvalue weighted by molar-refractivity contribution is 5.43. The minimum atomic E-state index is -0.0476. The van der Waals surface area contributed by atoms with Crippen LogP contribution in [0.2, 0.25) is 0 Å². The third-order valence-corrected chi connectivity index (χ3v) is 5.32. The largest absolute Gasteiger partial charge is 0.381 e. The number of hydrogen-bond donors (Lipinski definition) is 1. The number of nitrogens with one attached hydrogen (secondary N) is 1. The van der Waals surface area contributed by atoms with Gasteiger partial charge in [-0.15, -0.1) is 0 Å². The summed E-state index contributed by atoms with van der Waals surface area (Å²) in [4.78, 5) is 0. The van der Waals surface area contributed by atoms with Gasteiger partial charge in [0.25, 0.3) is 0 Å². The van der Waals surface area contributed by atoms with E-state index in [9.17, 15) is 0 Å². The first kappa shape index (κ1) is 15.0. The lowest BCUT2D eigenvalue weighted by Crippen LogP contribution is -2.47. The van der Waals surface area contributed by atoms with Crippen LogP contribution in [0.4, 0.5) is 0 Å². The van der Waals surface area contributed by atoms with Crippen LogP contribution >= 0.6 is 0 Å². The predicted octanol–water partition coefficient (Wildman–Crippen LogP) is 3.33. The van der Waals surface area contributed by atoms with Crippen molar-refractivity contribution in [3.63, 3.8) is 0 Å². The normalized spacial score (nSPS) is 27.6. The van der Waals surface area contributed by atoms with E-state index in [-0.39, 0.29) is 5.60 Å². The lowest BCUT2D eigenvalue weighted by molar-refractivity contribution is -0.0887. The molecular weight excluding hydrogens is 262 g/mol. The van der Waals surface area contributed by atoms with Crippen molar-refractivity contribution in [3.8, 4) is 0 Å². The second-order valence-electron chi connectivity index (χ2n) is 6.65. The Labute approximate surface area is 128 Å². The second-order valence-corrected chi connectivity index (χ2v) is 6.65. The van der Waals surface area contributed by atoms with Crippen molar-refractivity contribution in [2.75, 3.05) is 26.9 Å². The molecule has 0 radical (unpaired) electrons. The number of aryl methyl sites for hydroxylation is 1. The van der Waals surface area contributed by atoms with Crippen molar-refractivity contribution in [1.29, 1.82) is 0 Å². The van der Waals surface area contributed by atoms with Crippen LogP contribution < -0.4 is 5.32 Å². The van der Waals surface area contributed by atoms with Crippen molar-refractivity contribution in [1.82, 2.24) is 5.32 Å². The van der Waals surface area contributed by atoms with Crippen molar-refractivity contribution < 1.29 is 9.47 Å². The fourth-order valence-corrected chi connectivity index (χ4v) is 3.98. The monoisotopic (exact) mass is 289 g/mol. The Morgan fingerprint density at radius 1 is 1.33 bits per heavy atom. The lowest BCUT2D eigenvalue weighted by Gasteiger charge is -2.37. The molecule has 1 N–H and O–H groups in total. The molecule has 1 aromatic rings. The number of rotatable bonds is 4. The minimum absolute atomic E-state index is 0.0476. The third-order valence-electron chi connectivity index (χ3n) is 5.32. The van der Waals surface area contributed by atoms with Gasteiger partial charge in [0.15, 0.2) is 0 Å². The Morgan fingerprint density at radius 2 is 2.10 bits per heavy atom. The standard InChI is InChI=1S/C18H27NO2/c1-13-5-4-6-15-16(11-14(2)17(13)15)19-12-18(20-3)7-9-21-10-8-18/h4-6,14,16,19H,7-12H2,1-3H3. The summed E-state index contributed by atoms with van der Waals surface area (Å²) in [6.45, 7) is 7.11. The number of methoxy groups -OCH3 is 1. The van der Waals surface area contributed by atoms with Gasteiger partial charge in [0, 0.05) is 45.8 Å². The maximum absolute atomic E-state index is 5.83. The zero-order valence-corrected chi connectivity index (χ0v) is 13.4. The fourth-order valence-electron chi connectivity index (χ4n) is 3.98. The molecule has 2 atom stereocenters. The molecule has 3 heteroatoms. The van der Waals surface area contributed by atoms with Gasteiger partial charge in [-0.1, -0.05) is 25.1 Å². The summed E-state index contributed by atoms with van der Waals surface area (Å²) in [6.07, 6.45) is 3.16. The van der Waals surface area contributed by atoms with Crippen molar-refractivity contribution >= 4 is 0 Å². The van der Waals surface area contributed by atoms with Crippen molar-refractivity contribution in [2.24, 2.45) is 0 Å². The summed E-state index contributed by atoms with van der Waals surface area (Å²) < 4.78 is 11.3. The van der Waals surface area contributed by atoms with Crippen LogP contribution in [0.15, 0.2) is 18.2 Å². The molecule has 1 heterocycles. The van der Waals surface area contributed by atoms with Crippen LogP contribution in [0.25, 0.3) is 0 Å². The first-order chi connectivity index (χ1) is 10.2. The quantitative estimate of drug-likeness (QED) is 0.922. The number of benzene rings is 1. The van der Waals surface area contributed by atoms with Crippen LogP contribution in [0.3, 0.4) is 0 Å². The van der Waals surface area contributed by atoms with Crippen LogP contribution in [0.5, 0.6) is 0 Å². The molecule has 2 aliphatic rings. The number of hydrogen-bond acceptors (Lipinski definition) is 3. The SMILES string of the molecule is COC1(CNC2CC(C)c3c(C)cccc32)CCOCC1. The van der Waals surface area contributed by atoms with E-state index >= 15 is 0 Å². The molecule has 0 bridgehead atoms. The van der Waals surface area contributed by atoms with E-state index in [0.717, 1.165) is 32.6 Å². The smallest absolute Gasteiger partial charge is 0.0846 e. The van der Waals surface area contributed by atoms with E-state index < -0.39 is 0 Å². The zero-order chi connectivity index (χ0) is 14.9. The van der Waals surface area contributed by atoms with Gasteiger partial charge in [-0.2, -0.15) is 0 Å². The maximum Gasteiger partial charge on any atom is 0.0846 e. The topological polar surface area (TPSA) is 30.5 Å². The molecule has 0 saturated carbocycles. The Balaban J connectivity index is 1.71. The van der Waals surface area contributed by atoms with Gasteiger partial charge in [-0.05, 0) is 36.0 Å². The highest BCUT2D eigenvalue weighted by atomic mass is 16.5. The van der Waals surface area contributed by atoms with Crippen LogP contribution in [0, 0.1) is 6.92 Å². The second kappa shape index (κ2) is 6.07. The predicted molar refractivity (Wildman–Crippen MR) is 84.7 cm³/mol. The molecule has 0 aromatic heterocycles. The average Bonchev–Trinajstić information content (AvgIpc) is 2.84. The summed E-state index contributed by atoms with van der Waals surface area (Å²) in [5.41, 5.74) is 4.42. The molecule has 0 amide bonds. The van der Waals surface area contributed by atoms with Gasteiger partial charge in [-0.25, -0.2) is 0 Å². The molecule has 21 heavy (non-hydrogen) atoms. The zero-order valence-electron chi connectivity index (χ0n) is 13.4. The Morgan fingerprint density at radius 3 is 2.81 bits per heavy atom. The molecule has 1 saturated heterocycles. The van der Waals surface area contributed by atoms with Gasteiger partial charge >= 0.3 is 0 Å². The van der Waals surface area contributed by atoms with Crippen LogP contribution in [-0.2, 0) is 9.47 Å².